The molecule has 0 aliphatic heterocycles. The van der Waals surface area contributed by atoms with Gasteiger partial charge in [-0.05, 0) is 89.9 Å². The minimum absolute atomic E-state index is 0.0899. The number of unbranched alkanes of at least 4 members (excludes halogenated alkanes) is 20. The van der Waals surface area contributed by atoms with Gasteiger partial charge < -0.3 is 14.2 Å². The third-order valence-electron chi connectivity index (χ3n) is 10.2. The maximum absolute atomic E-state index is 12.7. The number of carbonyl (C=O) groups is 3. The first-order valence-electron chi connectivity index (χ1n) is 24.4. The van der Waals surface area contributed by atoms with Crippen LogP contribution in [-0.4, -0.2) is 37.2 Å². The van der Waals surface area contributed by atoms with Crippen LogP contribution in [-0.2, 0) is 28.6 Å². The van der Waals surface area contributed by atoms with E-state index in [9.17, 15) is 14.4 Å². The van der Waals surface area contributed by atoms with Crippen LogP contribution < -0.4 is 0 Å². The zero-order chi connectivity index (χ0) is 43.0. The van der Waals surface area contributed by atoms with E-state index in [1.165, 1.54) is 77.0 Å². The van der Waals surface area contributed by atoms with Gasteiger partial charge in [-0.3, -0.25) is 14.4 Å². The summed E-state index contributed by atoms with van der Waals surface area (Å²) in [6.45, 7) is 6.42. The summed E-state index contributed by atoms with van der Waals surface area (Å²) in [5, 5.41) is 0. The molecule has 59 heavy (non-hydrogen) atoms. The van der Waals surface area contributed by atoms with Crippen molar-refractivity contribution in [2.24, 2.45) is 0 Å². The molecule has 0 fully saturated rings. The largest absolute Gasteiger partial charge is 0.462 e. The Morgan fingerprint density at radius 3 is 1.07 bits per heavy atom. The summed E-state index contributed by atoms with van der Waals surface area (Å²) in [5.41, 5.74) is 0. The fourth-order valence-corrected chi connectivity index (χ4v) is 6.52. The Kier molecular flexibility index (Phi) is 45.0. The molecule has 6 nitrogen and oxygen atoms in total. The monoisotopic (exact) mass is 823 g/mol. The summed E-state index contributed by atoms with van der Waals surface area (Å²) >= 11 is 0. The van der Waals surface area contributed by atoms with Crippen molar-refractivity contribution < 1.29 is 28.6 Å². The summed E-state index contributed by atoms with van der Waals surface area (Å²) in [7, 11) is 0. The Labute approximate surface area is 363 Å². The van der Waals surface area contributed by atoms with Crippen molar-refractivity contribution >= 4 is 17.9 Å². The Balaban J connectivity index is 4.32. The molecule has 6 heteroatoms. The molecular weight excluding hydrogens is 733 g/mol. The van der Waals surface area contributed by atoms with Gasteiger partial charge in [-0.2, -0.15) is 0 Å². The standard InChI is InChI=1S/C53H90O6/c1-4-7-10-13-16-18-20-22-24-26-27-28-30-31-33-35-37-40-43-46-52(55)58-49-50(48-57-51(54)45-42-39-15-12-9-6-3)59-53(56)47-44-41-38-36-34-32-29-25-23-21-19-17-14-11-8-5-2/h7,10,16,18,22,24-25,27-29,31,33,50H,4-6,8-9,11-15,17,19-21,23,26,30,32,34-49H2,1-3H3/b10-7-,18-16-,24-22-,28-27-,29-25-,33-31-. The van der Waals surface area contributed by atoms with E-state index in [0.29, 0.717) is 19.3 Å². The Morgan fingerprint density at radius 1 is 0.356 bits per heavy atom. The van der Waals surface area contributed by atoms with E-state index < -0.39 is 6.10 Å². The highest BCUT2D eigenvalue weighted by Crippen LogP contribution is 2.13. The van der Waals surface area contributed by atoms with E-state index in [1.807, 2.05) is 0 Å². The third kappa shape index (κ3) is 45.8. The van der Waals surface area contributed by atoms with Gasteiger partial charge in [0, 0.05) is 19.3 Å². The number of hydrogen-bond donors (Lipinski definition) is 0. The fraction of sp³-hybridized carbons (Fsp3) is 0.717. The summed E-state index contributed by atoms with van der Waals surface area (Å²) in [6, 6.07) is 0. The van der Waals surface area contributed by atoms with Crippen LogP contribution in [0, 0.1) is 0 Å². The molecule has 0 aromatic rings. The first kappa shape index (κ1) is 55.9. The highest BCUT2D eigenvalue weighted by atomic mass is 16.6. The van der Waals surface area contributed by atoms with Crippen LogP contribution in [0.2, 0.25) is 0 Å². The predicted octanol–water partition coefficient (Wildman–Crippen LogP) is 15.9. The van der Waals surface area contributed by atoms with Crippen molar-refractivity contribution in [3.8, 4) is 0 Å². The lowest BCUT2D eigenvalue weighted by molar-refractivity contribution is -0.167. The van der Waals surface area contributed by atoms with Crippen molar-refractivity contribution in [3.63, 3.8) is 0 Å². The van der Waals surface area contributed by atoms with Gasteiger partial charge in [0.1, 0.15) is 13.2 Å². The van der Waals surface area contributed by atoms with Gasteiger partial charge in [0.05, 0.1) is 0 Å². The van der Waals surface area contributed by atoms with Gasteiger partial charge >= 0.3 is 17.9 Å². The van der Waals surface area contributed by atoms with Crippen molar-refractivity contribution in [2.45, 2.75) is 232 Å². The van der Waals surface area contributed by atoms with Gasteiger partial charge in [0.25, 0.3) is 0 Å². The van der Waals surface area contributed by atoms with Crippen molar-refractivity contribution in [1.82, 2.24) is 0 Å². The van der Waals surface area contributed by atoms with Gasteiger partial charge in [0.2, 0.25) is 0 Å². The highest BCUT2D eigenvalue weighted by Gasteiger charge is 2.19. The van der Waals surface area contributed by atoms with Crippen LogP contribution in [0.15, 0.2) is 72.9 Å². The van der Waals surface area contributed by atoms with Crippen LogP contribution in [0.25, 0.3) is 0 Å². The van der Waals surface area contributed by atoms with Crippen molar-refractivity contribution in [3.05, 3.63) is 72.9 Å². The topological polar surface area (TPSA) is 78.9 Å². The summed E-state index contributed by atoms with van der Waals surface area (Å²) in [6.07, 6.45) is 59.1. The lowest BCUT2D eigenvalue weighted by Gasteiger charge is -2.18. The second-order valence-electron chi connectivity index (χ2n) is 16.0. The summed E-state index contributed by atoms with van der Waals surface area (Å²) in [4.78, 5) is 37.7. The lowest BCUT2D eigenvalue weighted by Crippen LogP contribution is -2.30. The van der Waals surface area contributed by atoms with Crippen LogP contribution >= 0.6 is 0 Å². The molecule has 0 aliphatic rings. The van der Waals surface area contributed by atoms with E-state index in [1.54, 1.807) is 0 Å². The van der Waals surface area contributed by atoms with Crippen molar-refractivity contribution in [2.75, 3.05) is 13.2 Å². The molecule has 0 bridgehead atoms. The molecule has 0 heterocycles. The number of carbonyl (C=O) groups excluding carboxylic acids is 3. The molecule has 0 N–H and O–H groups in total. The molecule has 0 radical (unpaired) electrons. The van der Waals surface area contributed by atoms with Crippen molar-refractivity contribution in [1.29, 1.82) is 0 Å². The predicted molar refractivity (Wildman–Crippen MR) is 251 cm³/mol. The van der Waals surface area contributed by atoms with Crippen LogP contribution in [0.3, 0.4) is 0 Å². The van der Waals surface area contributed by atoms with Crippen LogP contribution in [0.1, 0.15) is 226 Å². The number of allylic oxidation sites excluding steroid dienone is 12. The molecule has 0 spiro atoms. The summed E-state index contributed by atoms with van der Waals surface area (Å²) < 4.78 is 16.6. The van der Waals surface area contributed by atoms with E-state index in [0.717, 1.165) is 109 Å². The van der Waals surface area contributed by atoms with E-state index in [2.05, 4.69) is 93.7 Å². The molecule has 0 aromatic heterocycles. The van der Waals surface area contributed by atoms with Crippen LogP contribution in [0.5, 0.6) is 0 Å². The number of esters is 3. The SMILES string of the molecule is CC/C=C\C/C=C\C/C=C\C/C=C\C/C=C\CCCCCC(=O)OCC(COC(=O)CCCCCCCC)OC(=O)CCCCCCC/C=C\CCCCCCCCC. The average Bonchev–Trinajstić information content (AvgIpc) is 3.23. The van der Waals surface area contributed by atoms with Gasteiger partial charge in [0.15, 0.2) is 6.10 Å². The maximum atomic E-state index is 12.7. The van der Waals surface area contributed by atoms with E-state index >= 15 is 0 Å². The van der Waals surface area contributed by atoms with Gasteiger partial charge in [-0.1, -0.05) is 190 Å². The second-order valence-corrected chi connectivity index (χ2v) is 16.0. The Hall–Kier alpha value is -3.15. The molecule has 0 saturated carbocycles. The quantitative estimate of drug-likeness (QED) is 0.0264. The molecular formula is C53H90O6. The first-order valence-corrected chi connectivity index (χ1v) is 24.4. The minimum Gasteiger partial charge on any atom is -0.462 e. The fourth-order valence-electron chi connectivity index (χ4n) is 6.52. The van der Waals surface area contributed by atoms with Crippen LogP contribution in [0.4, 0.5) is 0 Å². The Bertz CT molecular complexity index is 1130. The minimum atomic E-state index is -0.789. The Morgan fingerprint density at radius 2 is 0.661 bits per heavy atom. The summed E-state index contributed by atoms with van der Waals surface area (Å²) in [5.74, 6) is -0.943. The van der Waals surface area contributed by atoms with Gasteiger partial charge in [-0.15, -0.1) is 0 Å². The molecule has 0 amide bonds. The maximum Gasteiger partial charge on any atom is 0.306 e. The first-order chi connectivity index (χ1) is 29.0. The zero-order valence-electron chi connectivity index (χ0n) is 38.5. The zero-order valence-corrected chi connectivity index (χ0v) is 38.5. The molecule has 0 rings (SSSR count). The second kappa shape index (κ2) is 47.5. The third-order valence-corrected chi connectivity index (χ3v) is 10.2. The van der Waals surface area contributed by atoms with Gasteiger partial charge in [-0.25, -0.2) is 0 Å². The number of rotatable bonds is 43. The number of hydrogen-bond acceptors (Lipinski definition) is 6. The number of ether oxygens (including phenoxy) is 3. The molecule has 1 atom stereocenters. The smallest absolute Gasteiger partial charge is 0.306 e. The molecule has 0 aromatic carbocycles. The average molecular weight is 823 g/mol. The lowest BCUT2D eigenvalue weighted by atomic mass is 10.1. The highest BCUT2D eigenvalue weighted by molar-refractivity contribution is 5.71. The van der Waals surface area contributed by atoms with E-state index in [-0.39, 0.29) is 31.1 Å². The molecule has 0 saturated heterocycles. The van der Waals surface area contributed by atoms with E-state index in [4.69, 9.17) is 14.2 Å². The molecule has 0 aliphatic carbocycles. The molecule has 338 valence electrons. The molecule has 1 unspecified atom stereocenters. The normalized spacial score (nSPS) is 12.7.